The molecule has 2 aliphatic rings. The first kappa shape index (κ1) is 31.6. The number of para-hydroxylation sites is 2. The van der Waals surface area contributed by atoms with Gasteiger partial charge in [-0.05, 0) is 69.0 Å². The number of nitrogens with one attached hydrogen (secondary N) is 1. The summed E-state index contributed by atoms with van der Waals surface area (Å²) < 4.78 is 13.4. The summed E-state index contributed by atoms with van der Waals surface area (Å²) in [6.45, 7) is 15.9. The number of benzene rings is 3. The van der Waals surface area contributed by atoms with Crippen LogP contribution in [0.25, 0.3) is 15.9 Å². The zero-order valence-corrected chi connectivity index (χ0v) is 27.0. The number of anilines is 1. The molecule has 1 atom stereocenters. The molecule has 0 radical (unpaired) electrons. The molecule has 46 heavy (non-hydrogen) atoms. The van der Waals surface area contributed by atoms with Gasteiger partial charge in [0, 0.05) is 50.8 Å². The molecule has 6 rings (SSSR count). The topological polar surface area (TPSA) is 76.2 Å². The predicted octanol–water partition coefficient (Wildman–Crippen LogP) is 6.38. The van der Waals surface area contributed by atoms with Crippen LogP contribution in [0.4, 0.5) is 11.6 Å². The summed E-state index contributed by atoms with van der Waals surface area (Å²) in [6, 6.07) is 24.4. The number of methoxy groups -OCH3 is 1. The van der Waals surface area contributed by atoms with Crippen LogP contribution in [0.5, 0.6) is 5.75 Å². The number of fused-ring (bicyclic) bond motifs is 1. The molecule has 9 heteroatoms. The lowest BCUT2D eigenvalue weighted by molar-refractivity contribution is 0.0777. The minimum Gasteiger partial charge on any atom is -0.496 e. The maximum Gasteiger partial charge on any atom is 0.256 e. The Hall–Kier alpha value is -4.39. The van der Waals surface area contributed by atoms with E-state index in [4.69, 9.17) is 21.0 Å². The van der Waals surface area contributed by atoms with Crippen LogP contribution in [0.1, 0.15) is 48.5 Å². The third-order valence-corrected chi connectivity index (χ3v) is 9.72. The summed E-state index contributed by atoms with van der Waals surface area (Å²) in [5, 5.41) is 3.77. The molecule has 1 amide bonds. The summed E-state index contributed by atoms with van der Waals surface area (Å²) in [4.78, 5) is 26.8. The van der Waals surface area contributed by atoms with Gasteiger partial charge in [-0.15, -0.1) is 0 Å². The Morgan fingerprint density at radius 1 is 1.04 bits per heavy atom. The molecular weight excluding hydrogens is 576 g/mol. The molecule has 0 saturated carbocycles. The van der Waals surface area contributed by atoms with Crippen LogP contribution >= 0.6 is 0 Å². The average Bonchev–Trinajstić information content (AvgIpc) is 3.70. The summed E-state index contributed by atoms with van der Waals surface area (Å²) in [6.07, 6.45) is 3.98. The van der Waals surface area contributed by atoms with Gasteiger partial charge in [0.05, 0.1) is 36.9 Å². The van der Waals surface area contributed by atoms with Gasteiger partial charge in [0.15, 0.2) is 5.69 Å². The van der Waals surface area contributed by atoms with E-state index in [-0.39, 0.29) is 11.3 Å². The maximum atomic E-state index is 13.8. The number of aromatic nitrogens is 2. The van der Waals surface area contributed by atoms with E-state index in [9.17, 15) is 4.79 Å². The van der Waals surface area contributed by atoms with Gasteiger partial charge in [-0.1, -0.05) is 48.5 Å². The summed E-state index contributed by atoms with van der Waals surface area (Å²) >= 11 is 0. The molecule has 1 unspecified atom stereocenters. The molecule has 3 aromatic carbocycles. The van der Waals surface area contributed by atoms with E-state index < -0.39 is 0 Å². The van der Waals surface area contributed by atoms with Crippen molar-refractivity contribution in [2.24, 2.45) is 0 Å². The smallest absolute Gasteiger partial charge is 0.256 e. The van der Waals surface area contributed by atoms with E-state index in [0.29, 0.717) is 49.3 Å². The van der Waals surface area contributed by atoms with Gasteiger partial charge in [-0.3, -0.25) is 4.79 Å². The minimum absolute atomic E-state index is 0.0701. The second-order valence-corrected chi connectivity index (χ2v) is 12.4. The molecule has 2 aliphatic heterocycles. The fraction of sp³-hybridized carbons (Fsp3) is 0.432. The van der Waals surface area contributed by atoms with Crippen molar-refractivity contribution in [3.8, 4) is 5.75 Å². The zero-order valence-electron chi connectivity index (χ0n) is 27.0. The van der Waals surface area contributed by atoms with Crippen LogP contribution in [0.3, 0.4) is 0 Å². The number of likely N-dealkylation sites (tertiary alicyclic amines) is 2. The number of nitrogens with zero attached hydrogens (tertiary/aromatic N) is 5. The number of amides is 1. The number of imidazole rings is 1. The van der Waals surface area contributed by atoms with Gasteiger partial charge in [0.1, 0.15) is 5.75 Å². The van der Waals surface area contributed by atoms with Crippen LogP contribution in [0.2, 0.25) is 0 Å². The lowest BCUT2D eigenvalue weighted by Crippen LogP contribution is -2.42. The number of ether oxygens (including phenoxy) is 2. The van der Waals surface area contributed by atoms with Gasteiger partial charge in [0.2, 0.25) is 5.95 Å². The predicted molar refractivity (Wildman–Crippen MR) is 182 cm³/mol. The Bertz CT molecular complexity index is 1670. The van der Waals surface area contributed by atoms with Crippen molar-refractivity contribution in [1.29, 1.82) is 0 Å². The highest BCUT2D eigenvalue weighted by atomic mass is 16.5. The third-order valence-electron chi connectivity index (χ3n) is 9.72. The highest BCUT2D eigenvalue weighted by Gasteiger charge is 2.42. The normalized spacial score (nSPS) is 18.9. The molecule has 9 nitrogen and oxygen atoms in total. The van der Waals surface area contributed by atoms with Gasteiger partial charge < -0.3 is 29.2 Å². The van der Waals surface area contributed by atoms with E-state index in [0.717, 1.165) is 68.8 Å². The third kappa shape index (κ3) is 6.74. The first-order valence-corrected chi connectivity index (χ1v) is 16.5. The van der Waals surface area contributed by atoms with Crippen LogP contribution in [0.15, 0.2) is 72.8 Å². The maximum absolute atomic E-state index is 13.8. The van der Waals surface area contributed by atoms with E-state index >= 15 is 0 Å². The molecule has 1 N–H and O–H groups in total. The molecule has 2 saturated heterocycles. The van der Waals surface area contributed by atoms with Crippen molar-refractivity contribution in [2.75, 3.05) is 58.4 Å². The standard InChI is InChI=1S/C37H44N6O3/c1-4-46-25-24-43-33-13-9-8-12-32(33)40-36(43)39-29-16-20-41(21-17-29)22-18-37(28-10-6-5-7-11-28)19-23-42(27-37)35(44)31-26-30(38-2)14-15-34(31)45-3/h5-15,26,29H,4,16-25,27H2,1,3H3,(H,39,40). The molecule has 1 aromatic heterocycles. The van der Waals surface area contributed by atoms with Crippen molar-refractivity contribution < 1.29 is 14.3 Å². The van der Waals surface area contributed by atoms with Crippen molar-refractivity contribution >= 4 is 28.6 Å². The molecule has 3 heterocycles. The monoisotopic (exact) mass is 620 g/mol. The van der Waals surface area contributed by atoms with Gasteiger partial charge in [0.25, 0.3) is 5.91 Å². The number of hydrogen-bond donors (Lipinski definition) is 1. The lowest BCUT2D eigenvalue weighted by Gasteiger charge is -2.36. The Kier molecular flexibility index (Phi) is 9.86. The first-order valence-electron chi connectivity index (χ1n) is 16.5. The highest BCUT2D eigenvalue weighted by Crippen LogP contribution is 2.40. The molecule has 4 aromatic rings. The molecule has 0 spiro atoms. The molecule has 2 fully saturated rings. The van der Waals surface area contributed by atoms with Gasteiger partial charge in [-0.25, -0.2) is 9.83 Å². The van der Waals surface area contributed by atoms with Crippen molar-refractivity contribution in [1.82, 2.24) is 19.4 Å². The lowest BCUT2D eigenvalue weighted by atomic mass is 9.76. The molecular formula is C37H44N6O3. The first-order chi connectivity index (χ1) is 22.5. The summed E-state index contributed by atoms with van der Waals surface area (Å²) in [7, 11) is 1.57. The second kappa shape index (κ2) is 14.4. The summed E-state index contributed by atoms with van der Waals surface area (Å²) in [5.41, 5.74) is 4.21. The van der Waals surface area contributed by atoms with Crippen molar-refractivity contribution in [3.05, 3.63) is 95.3 Å². The molecule has 240 valence electrons. The van der Waals surface area contributed by atoms with E-state index in [2.05, 4.69) is 68.2 Å². The SMILES string of the molecule is [C-]#[N+]c1ccc(OC)c(C(=O)N2CCC(CCN3CCC(Nc4nc5ccccc5n4CCOCC)CC3)(c3ccccc3)C2)c1. The Balaban J connectivity index is 1.10. The fourth-order valence-corrected chi connectivity index (χ4v) is 7.09. The van der Waals surface area contributed by atoms with E-state index in [1.165, 1.54) is 5.56 Å². The second-order valence-electron chi connectivity index (χ2n) is 12.4. The number of rotatable bonds is 12. The minimum atomic E-state index is -0.123. The van der Waals surface area contributed by atoms with Gasteiger partial charge in [-0.2, -0.15) is 0 Å². The van der Waals surface area contributed by atoms with E-state index in [1.807, 2.05) is 17.9 Å². The Morgan fingerprint density at radius 2 is 1.83 bits per heavy atom. The zero-order chi connectivity index (χ0) is 31.9. The average molecular weight is 621 g/mol. The van der Waals surface area contributed by atoms with Crippen LogP contribution in [-0.2, 0) is 16.7 Å². The number of carbonyl (C=O) groups excluding carboxylic acids is 1. The fourth-order valence-electron chi connectivity index (χ4n) is 7.09. The number of hydrogen-bond acceptors (Lipinski definition) is 6. The molecule has 0 aliphatic carbocycles. The Labute approximate surface area is 271 Å². The van der Waals surface area contributed by atoms with Gasteiger partial charge >= 0.3 is 0 Å². The number of carbonyl (C=O) groups is 1. The van der Waals surface area contributed by atoms with Crippen molar-refractivity contribution in [2.45, 2.75) is 50.6 Å². The van der Waals surface area contributed by atoms with Crippen LogP contribution in [0, 0.1) is 6.57 Å². The largest absolute Gasteiger partial charge is 0.496 e. The number of piperidine rings is 1. The van der Waals surface area contributed by atoms with Crippen LogP contribution in [-0.4, -0.2) is 84.3 Å². The molecule has 0 bridgehead atoms. The van der Waals surface area contributed by atoms with E-state index in [1.54, 1.807) is 25.3 Å². The van der Waals surface area contributed by atoms with Crippen LogP contribution < -0.4 is 10.1 Å². The van der Waals surface area contributed by atoms with Crippen molar-refractivity contribution in [3.63, 3.8) is 0 Å². The highest BCUT2D eigenvalue weighted by molar-refractivity contribution is 5.98. The Morgan fingerprint density at radius 3 is 2.59 bits per heavy atom. The summed E-state index contributed by atoms with van der Waals surface area (Å²) in [5.74, 6) is 1.37. The quantitative estimate of drug-likeness (QED) is 0.146.